The van der Waals surface area contributed by atoms with Gasteiger partial charge in [0.2, 0.25) is 5.91 Å². The fraction of sp³-hybridized carbons (Fsp3) is 0.217. The summed E-state index contributed by atoms with van der Waals surface area (Å²) in [5.74, 6) is -0.174. The number of benzene rings is 2. The van der Waals surface area contributed by atoms with Gasteiger partial charge in [-0.3, -0.25) is 9.59 Å². The first-order valence-corrected chi connectivity index (χ1v) is 9.84. The summed E-state index contributed by atoms with van der Waals surface area (Å²) in [5, 5.41) is 6.75. The second-order valence-electron chi connectivity index (χ2n) is 6.63. The Bertz CT molecular complexity index is 1170. The first kappa shape index (κ1) is 22.5. The van der Waals surface area contributed by atoms with Crippen molar-refractivity contribution in [2.45, 2.75) is 13.3 Å². The first-order valence-electron chi connectivity index (χ1n) is 9.84. The Hall–Kier alpha value is -4.14. The molecule has 0 bridgehead atoms. The smallest absolute Gasteiger partial charge is 0.360 e. The molecule has 0 aliphatic heterocycles. The molecule has 3 rings (SSSR count). The third-order valence-electron chi connectivity index (χ3n) is 4.49. The molecular formula is C23H23N3O6. The summed E-state index contributed by atoms with van der Waals surface area (Å²) in [5.41, 5.74) is 0.433. The van der Waals surface area contributed by atoms with E-state index in [9.17, 15) is 14.4 Å². The Kier molecular flexibility index (Phi) is 7.22. The number of hydrogen-bond donors (Lipinski definition) is 1. The van der Waals surface area contributed by atoms with Crippen molar-refractivity contribution in [2.75, 3.05) is 26.1 Å². The Morgan fingerprint density at radius 2 is 1.72 bits per heavy atom. The average molecular weight is 437 g/mol. The molecule has 0 aliphatic rings. The van der Waals surface area contributed by atoms with Crippen LogP contribution in [0.3, 0.4) is 0 Å². The van der Waals surface area contributed by atoms with Crippen LogP contribution in [0, 0.1) is 0 Å². The lowest BCUT2D eigenvalue weighted by atomic mass is 10.1. The van der Waals surface area contributed by atoms with Gasteiger partial charge in [-0.05, 0) is 36.8 Å². The maximum Gasteiger partial charge on any atom is 0.360 e. The van der Waals surface area contributed by atoms with Gasteiger partial charge in [-0.15, -0.1) is 0 Å². The van der Waals surface area contributed by atoms with E-state index in [-0.39, 0.29) is 24.4 Å². The molecular weight excluding hydrogens is 414 g/mol. The Labute approximate surface area is 184 Å². The van der Waals surface area contributed by atoms with E-state index in [0.29, 0.717) is 22.7 Å². The van der Waals surface area contributed by atoms with Crippen LogP contribution in [0.25, 0.3) is 5.69 Å². The molecule has 0 radical (unpaired) electrons. The van der Waals surface area contributed by atoms with Gasteiger partial charge >= 0.3 is 5.97 Å². The fourth-order valence-electron chi connectivity index (χ4n) is 3.03. The van der Waals surface area contributed by atoms with E-state index in [4.69, 9.17) is 14.2 Å². The van der Waals surface area contributed by atoms with E-state index in [1.54, 1.807) is 55.5 Å². The lowest BCUT2D eigenvalue weighted by molar-refractivity contribution is -0.115. The van der Waals surface area contributed by atoms with E-state index in [2.05, 4.69) is 10.4 Å². The monoisotopic (exact) mass is 437 g/mol. The van der Waals surface area contributed by atoms with Crippen molar-refractivity contribution in [2.24, 2.45) is 0 Å². The van der Waals surface area contributed by atoms with Crippen LogP contribution in [0.4, 0.5) is 5.69 Å². The number of rotatable bonds is 8. The van der Waals surface area contributed by atoms with Gasteiger partial charge in [-0.1, -0.05) is 24.3 Å². The number of amides is 1. The molecule has 0 atom stereocenters. The topological polar surface area (TPSA) is 109 Å². The number of methoxy groups -OCH3 is 2. The van der Waals surface area contributed by atoms with E-state index in [0.717, 1.165) is 10.7 Å². The Morgan fingerprint density at radius 3 is 2.38 bits per heavy atom. The van der Waals surface area contributed by atoms with Gasteiger partial charge in [0.25, 0.3) is 5.56 Å². The van der Waals surface area contributed by atoms with Gasteiger partial charge in [0.15, 0.2) is 17.2 Å². The van der Waals surface area contributed by atoms with Crippen LogP contribution in [0.15, 0.2) is 59.4 Å². The lowest BCUT2D eigenvalue weighted by Gasteiger charge is -2.13. The summed E-state index contributed by atoms with van der Waals surface area (Å²) in [6, 6.07) is 14.9. The molecule has 0 fully saturated rings. The second-order valence-corrected chi connectivity index (χ2v) is 6.63. The maximum atomic E-state index is 12.7. The number of nitrogens with one attached hydrogen (secondary N) is 1. The summed E-state index contributed by atoms with van der Waals surface area (Å²) >= 11 is 0. The molecule has 0 unspecified atom stereocenters. The predicted octanol–water partition coefficient (Wildman–Crippen LogP) is 2.61. The van der Waals surface area contributed by atoms with Crippen LogP contribution in [-0.2, 0) is 16.0 Å². The fourth-order valence-corrected chi connectivity index (χ4v) is 3.03. The number of carbonyl (C=O) groups excluding carboxylic acids is 2. The average Bonchev–Trinajstić information content (AvgIpc) is 2.79. The van der Waals surface area contributed by atoms with Gasteiger partial charge in [0.05, 0.1) is 38.6 Å². The van der Waals surface area contributed by atoms with E-state index >= 15 is 0 Å². The van der Waals surface area contributed by atoms with Crippen molar-refractivity contribution in [3.05, 3.63) is 76.2 Å². The molecule has 1 amide bonds. The number of hydrogen-bond acceptors (Lipinski definition) is 7. The number of nitrogens with zero attached hydrogens (tertiary/aromatic N) is 2. The van der Waals surface area contributed by atoms with Crippen LogP contribution in [0.5, 0.6) is 11.5 Å². The zero-order valence-corrected chi connectivity index (χ0v) is 18.0. The quantitative estimate of drug-likeness (QED) is 0.540. The molecule has 0 aliphatic carbocycles. The van der Waals surface area contributed by atoms with Crippen LogP contribution >= 0.6 is 0 Å². The van der Waals surface area contributed by atoms with Gasteiger partial charge in [-0.2, -0.15) is 9.78 Å². The molecule has 3 aromatic rings. The summed E-state index contributed by atoms with van der Waals surface area (Å²) in [6.07, 6.45) is -0.0234. The van der Waals surface area contributed by atoms with Gasteiger partial charge in [0.1, 0.15) is 0 Å². The van der Waals surface area contributed by atoms with Gasteiger partial charge in [-0.25, -0.2) is 4.79 Å². The van der Waals surface area contributed by atoms with Crippen LogP contribution in [0.2, 0.25) is 0 Å². The van der Waals surface area contributed by atoms with Crippen LogP contribution in [-0.4, -0.2) is 42.5 Å². The molecule has 0 spiro atoms. The van der Waals surface area contributed by atoms with Crippen molar-refractivity contribution < 1.29 is 23.8 Å². The zero-order chi connectivity index (χ0) is 23.1. The number of anilines is 1. The summed E-state index contributed by atoms with van der Waals surface area (Å²) in [7, 11) is 3.02. The number of aromatic nitrogens is 2. The summed E-state index contributed by atoms with van der Waals surface area (Å²) < 4.78 is 16.6. The van der Waals surface area contributed by atoms with Crippen molar-refractivity contribution in [3.8, 4) is 17.2 Å². The number of esters is 1. The van der Waals surface area contributed by atoms with E-state index < -0.39 is 17.4 Å². The minimum atomic E-state index is -0.751. The van der Waals surface area contributed by atoms with Crippen molar-refractivity contribution in [1.29, 1.82) is 0 Å². The summed E-state index contributed by atoms with van der Waals surface area (Å²) in [6.45, 7) is 1.77. The lowest BCUT2D eigenvalue weighted by Crippen LogP contribution is -2.27. The molecule has 1 N–H and O–H groups in total. The minimum Gasteiger partial charge on any atom is -0.493 e. The van der Waals surface area contributed by atoms with Crippen LogP contribution in [0.1, 0.15) is 23.0 Å². The highest BCUT2D eigenvalue weighted by atomic mass is 16.5. The number of para-hydroxylation sites is 1. The van der Waals surface area contributed by atoms with Gasteiger partial charge < -0.3 is 19.5 Å². The highest BCUT2D eigenvalue weighted by Crippen LogP contribution is 2.27. The third-order valence-corrected chi connectivity index (χ3v) is 4.49. The van der Waals surface area contributed by atoms with Crippen LogP contribution < -0.4 is 20.3 Å². The molecule has 32 heavy (non-hydrogen) atoms. The van der Waals surface area contributed by atoms with Crippen molar-refractivity contribution >= 4 is 17.6 Å². The first-order chi connectivity index (χ1) is 15.5. The number of carbonyl (C=O) groups is 2. The van der Waals surface area contributed by atoms with Crippen molar-refractivity contribution in [1.82, 2.24) is 9.78 Å². The second kappa shape index (κ2) is 10.3. The highest BCUT2D eigenvalue weighted by molar-refractivity contribution is 6.00. The largest absolute Gasteiger partial charge is 0.493 e. The molecule has 2 aromatic carbocycles. The Morgan fingerprint density at radius 1 is 1.00 bits per heavy atom. The maximum absolute atomic E-state index is 12.7. The normalized spacial score (nSPS) is 10.3. The molecule has 0 saturated heterocycles. The summed E-state index contributed by atoms with van der Waals surface area (Å²) in [4.78, 5) is 37.8. The molecule has 1 heterocycles. The SMILES string of the molecule is CCOC(=O)c1nn(-c2ccccc2)c(=O)cc1NC(=O)Cc1ccc(OC)c(OC)c1. The zero-order valence-electron chi connectivity index (χ0n) is 18.0. The third kappa shape index (κ3) is 5.12. The molecule has 1 aromatic heterocycles. The van der Waals surface area contributed by atoms with E-state index in [1.807, 2.05) is 0 Å². The molecule has 9 heteroatoms. The standard InChI is InChI=1S/C23H23N3O6/c1-4-32-23(29)22-17(14-21(28)26(25-22)16-8-6-5-7-9-16)24-20(27)13-15-10-11-18(30-2)19(12-15)31-3/h5-12,14H,4,13H2,1-3H3,(H,24,27). The minimum absolute atomic E-state index is 0.0221. The van der Waals surface area contributed by atoms with E-state index in [1.165, 1.54) is 14.2 Å². The Balaban J connectivity index is 1.91. The van der Waals surface area contributed by atoms with Crippen molar-refractivity contribution in [3.63, 3.8) is 0 Å². The highest BCUT2D eigenvalue weighted by Gasteiger charge is 2.20. The molecule has 166 valence electrons. The molecule has 9 nitrogen and oxygen atoms in total. The number of ether oxygens (including phenoxy) is 3. The van der Waals surface area contributed by atoms with Gasteiger partial charge in [0, 0.05) is 6.07 Å². The predicted molar refractivity (Wildman–Crippen MR) is 118 cm³/mol. The molecule has 0 saturated carbocycles.